The third-order valence-electron chi connectivity index (χ3n) is 1.57. The summed E-state index contributed by atoms with van der Waals surface area (Å²) in [7, 11) is 1.60. The van der Waals surface area contributed by atoms with E-state index in [9.17, 15) is 0 Å². The van der Waals surface area contributed by atoms with Crippen molar-refractivity contribution in [1.29, 1.82) is 0 Å². The zero-order valence-corrected chi connectivity index (χ0v) is 9.77. The van der Waals surface area contributed by atoms with E-state index in [1.807, 2.05) is 0 Å². The maximum atomic E-state index is 5.86. The minimum Gasteiger partial charge on any atom is -0.465 e. The molecule has 0 fully saturated rings. The van der Waals surface area contributed by atoms with Crippen molar-refractivity contribution in [2.24, 2.45) is 0 Å². The number of methoxy groups -OCH3 is 1. The van der Waals surface area contributed by atoms with Crippen molar-refractivity contribution in [1.82, 2.24) is 0 Å². The smallest absolute Gasteiger partial charge is 0.189 e. The molecule has 1 rings (SSSR count). The summed E-state index contributed by atoms with van der Waals surface area (Å²) < 4.78 is 15.1. The van der Waals surface area contributed by atoms with E-state index in [-0.39, 0.29) is 6.79 Å². The zero-order valence-electron chi connectivity index (χ0n) is 8.26. The standard InChI is InChI=1S/C10H11Cl2O3/c1-13-5-6-14-7-15-9-4-2-3-8(11)10(9)12/h2-3H,5-7H2,1H3. The Labute approximate surface area is 98.8 Å². The Hall–Kier alpha value is -0.480. The van der Waals surface area contributed by atoms with Crippen LogP contribution >= 0.6 is 23.2 Å². The average molecular weight is 250 g/mol. The number of halogens is 2. The molecule has 0 saturated heterocycles. The van der Waals surface area contributed by atoms with Gasteiger partial charge >= 0.3 is 0 Å². The zero-order chi connectivity index (χ0) is 11.1. The van der Waals surface area contributed by atoms with Crippen molar-refractivity contribution in [3.63, 3.8) is 0 Å². The lowest BCUT2D eigenvalue weighted by Crippen LogP contribution is -2.07. The topological polar surface area (TPSA) is 27.7 Å². The molecule has 15 heavy (non-hydrogen) atoms. The summed E-state index contributed by atoms with van der Waals surface area (Å²) in [5.41, 5.74) is 0. The highest BCUT2D eigenvalue weighted by molar-refractivity contribution is 6.42. The van der Waals surface area contributed by atoms with E-state index >= 15 is 0 Å². The first-order valence-corrected chi connectivity index (χ1v) is 5.06. The van der Waals surface area contributed by atoms with Crippen LogP contribution in [0, 0.1) is 6.07 Å². The van der Waals surface area contributed by atoms with Gasteiger partial charge in [-0.2, -0.15) is 0 Å². The first kappa shape index (κ1) is 12.6. The molecule has 0 bridgehead atoms. The van der Waals surface area contributed by atoms with Gasteiger partial charge in [-0.25, -0.2) is 0 Å². The number of rotatable bonds is 6. The van der Waals surface area contributed by atoms with Crippen LogP contribution in [0.3, 0.4) is 0 Å². The maximum absolute atomic E-state index is 5.86. The van der Waals surface area contributed by atoms with E-state index in [0.717, 1.165) is 0 Å². The Morgan fingerprint density at radius 1 is 1.33 bits per heavy atom. The molecule has 5 heteroatoms. The monoisotopic (exact) mass is 249 g/mol. The van der Waals surface area contributed by atoms with Gasteiger partial charge in [-0.3, -0.25) is 0 Å². The second kappa shape index (κ2) is 6.90. The summed E-state index contributed by atoms with van der Waals surface area (Å²) in [5.74, 6) is 0.390. The lowest BCUT2D eigenvalue weighted by atomic mass is 10.3. The molecule has 0 aliphatic heterocycles. The highest BCUT2D eigenvalue weighted by Gasteiger charge is 2.05. The third-order valence-corrected chi connectivity index (χ3v) is 2.36. The molecule has 3 nitrogen and oxygen atoms in total. The largest absolute Gasteiger partial charge is 0.465 e. The van der Waals surface area contributed by atoms with Gasteiger partial charge in [0.25, 0.3) is 0 Å². The van der Waals surface area contributed by atoms with Gasteiger partial charge in [0.05, 0.1) is 18.2 Å². The molecule has 0 atom stereocenters. The molecule has 0 heterocycles. The predicted octanol–water partition coefficient (Wildman–Crippen LogP) is 2.79. The van der Waals surface area contributed by atoms with Crippen LogP contribution in [0.2, 0.25) is 10.0 Å². The Morgan fingerprint density at radius 2 is 2.13 bits per heavy atom. The molecule has 0 unspecified atom stereocenters. The van der Waals surface area contributed by atoms with Crippen LogP contribution in [-0.4, -0.2) is 27.1 Å². The number of hydrogen-bond donors (Lipinski definition) is 0. The lowest BCUT2D eigenvalue weighted by Gasteiger charge is -2.08. The molecule has 0 amide bonds. The fraction of sp³-hybridized carbons (Fsp3) is 0.400. The summed E-state index contributed by atoms with van der Waals surface area (Å²) in [6.07, 6.45) is 0. The van der Waals surface area contributed by atoms with Crippen LogP contribution in [0.1, 0.15) is 0 Å². The van der Waals surface area contributed by atoms with Crippen LogP contribution in [0.15, 0.2) is 12.1 Å². The second-order valence-electron chi connectivity index (χ2n) is 2.63. The van der Waals surface area contributed by atoms with Gasteiger partial charge in [-0.1, -0.05) is 23.2 Å². The van der Waals surface area contributed by atoms with E-state index in [0.29, 0.717) is 29.0 Å². The summed E-state index contributed by atoms with van der Waals surface area (Å²) in [5, 5.41) is 0.775. The fourth-order valence-corrected chi connectivity index (χ4v) is 1.16. The molecule has 0 aromatic heterocycles. The maximum Gasteiger partial charge on any atom is 0.189 e. The van der Waals surface area contributed by atoms with Crippen molar-refractivity contribution in [3.8, 4) is 5.75 Å². The van der Waals surface area contributed by atoms with Crippen molar-refractivity contribution < 1.29 is 14.2 Å². The lowest BCUT2D eigenvalue weighted by molar-refractivity contribution is -0.00853. The molecule has 83 valence electrons. The molecule has 0 saturated carbocycles. The minimum absolute atomic E-state index is 0.0971. The summed E-state index contributed by atoms with van der Waals surface area (Å²) in [4.78, 5) is 0. The number of hydrogen-bond acceptors (Lipinski definition) is 3. The van der Waals surface area contributed by atoms with Crippen LogP contribution in [-0.2, 0) is 9.47 Å². The number of ether oxygens (including phenoxy) is 3. The summed E-state index contributed by atoms with van der Waals surface area (Å²) in [6.45, 7) is 1.09. The molecule has 1 aromatic rings. The van der Waals surface area contributed by atoms with Crippen molar-refractivity contribution in [3.05, 3.63) is 28.2 Å². The third kappa shape index (κ3) is 4.26. The second-order valence-corrected chi connectivity index (χ2v) is 3.42. The van der Waals surface area contributed by atoms with Gasteiger partial charge in [0, 0.05) is 13.2 Å². The van der Waals surface area contributed by atoms with Gasteiger partial charge < -0.3 is 14.2 Å². The highest BCUT2D eigenvalue weighted by Crippen LogP contribution is 2.30. The van der Waals surface area contributed by atoms with E-state index < -0.39 is 0 Å². The van der Waals surface area contributed by atoms with Crippen molar-refractivity contribution in [2.75, 3.05) is 27.1 Å². The minimum atomic E-state index is 0.0971. The van der Waals surface area contributed by atoms with E-state index in [1.165, 1.54) is 0 Å². The molecule has 0 aliphatic carbocycles. The summed E-state index contributed by atoms with van der Waals surface area (Å²) in [6, 6.07) is 6.10. The molecule has 1 aromatic carbocycles. The van der Waals surface area contributed by atoms with Crippen LogP contribution in [0.4, 0.5) is 0 Å². The highest BCUT2D eigenvalue weighted by atomic mass is 35.5. The van der Waals surface area contributed by atoms with Gasteiger partial charge in [0.1, 0.15) is 5.02 Å². The van der Waals surface area contributed by atoms with Crippen molar-refractivity contribution in [2.45, 2.75) is 0 Å². The normalized spacial score (nSPS) is 10.3. The van der Waals surface area contributed by atoms with Crippen LogP contribution < -0.4 is 4.74 Å². The first-order valence-electron chi connectivity index (χ1n) is 4.31. The Kier molecular flexibility index (Phi) is 5.79. The van der Waals surface area contributed by atoms with E-state index in [2.05, 4.69) is 6.07 Å². The predicted molar refractivity (Wildman–Crippen MR) is 58.6 cm³/mol. The van der Waals surface area contributed by atoms with Crippen LogP contribution in [0.5, 0.6) is 5.75 Å². The average Bonchev–Trinajstić information content (AvgIpc) is 2.24. The molecule has 0 spiro atoms. The van der Waals surface area contributed by atoms with E-state index in [1.54, 1.807) is 19.2 Å². The molecular weight excluding hydrogens is 239 g/mol. The molecule has 0 aliphatic rings. The van der Waals surface area contributed by atoms with Crippen LogP contribution in [0.25, 0.3) is 0 Å². The van der Waals surface area contributed by atoms with Gasteiger partial charge in [0.2, 0.25) is 0 Å². The number of benzene rings is 1. The SMILES string of the molecule is COCCOCOc1[c]ccc(Cl)c1Cl. The molecule has 1 radical (unpaired) electrons. The Bertz CT molecular complexity index is 305. The first-order chi connectivity index (χ1) is 7.25. The summed E-state index contributed by atoms with van der Waals surface area (Å²) >= 11 is 11.6. The Balaban J connectivity index is 2.34. The molecular formula is C10H11Cl2O3. The van der Waals surface area contributed by atoms with Gasteiger partial charge in [0.15, 0.2) is 12.5 Å². The van der Waals surface area contributed by atoms with Gasteiger partial charge in [-0.05, 0) is 12.1 Å². The quantitative estimate of drug-likeness (QED) is 0.574. The van der Waals surface area contributed by atoms with Gasteiger partial charge in [-0.15, -0.1) is 0 Å². The Morgan fingerprint density at radius 3 is 2.87 bits per heavy atom. The van der Waals surface area contributed by atoms with E-state index in [4.69, 9.17) is 37.4 Å². The molecule has 0 N–H and O–H groups in total. The fourth-order valence-electron chi connectivity index (χ4n) is 0.842. The van der Waals surface area contributed by atoms with Crippen molar-refractivity contribution >= 4 is 23.2 Å².